The molecule has 2 N–H and O–H groups in total. The number of aromatic hydroxyl groups is 1. The molecule has 0 unspecified atom stereocenters. The highest BCUT2D eigenvalue weighted by Crippen LogP contribution is 2.27. The molecule has 16 heavy (non-hydrogen) atoms. The van der Waals surface area contributed by atoms with E-state index in [0.29, 0.717) is 5.52 Å². The molecule has 0 bridgehead atoms. The lowest BCUT2D eigenvalue weighted by molar-refractivity contribution is -0.137. The van der Waals surface area contributed by atoms with E-state index in [1.54, 1.807) is 18.2 Å². The van der Waals surface area contributed by atoms with Crippen LogP contribution >= 0.6 is 0 Å². The Hall–Kier alpha value is -2.14. The fraction of sp³-hybridized carbons (Fsp3) is 0.0909. The lowest BCUT2D eigenvalue weighted by Gasteiger charge is -2.05. The van der Waals surface area contributed by atoms with Crippen LogP contribution in [-0.2, 0) is 4.79 Å². The molecule has 0 aliphatic rings. The molecule has 1 aromatic heterocycles. The third-order valence-electron chi connectivity index (χ3n) is 2.01. The lowest BCUT2D eigenvalue weighted by Crippen LogP contribution is -2.13. The third-order valence-corrected chi connectivity index (χ3v) is 2.01. The van der Waals surface area contributed by atoms with Crippen molar-refractivity contribution in [2.75, 3.05) is 6.61 Å². The van der Waals surface area contributed by atoms with Crippen molar-refractivity contribution in [3.8, 4) is 11.6 Å². The van der Waals surface area contributed by atoms with Gasteiger partial charge in [-0.2, -0.15) is 0 Å². The number of aliphatic hydroxyl groups is 1. The van der Waals surface area contributed by atoms with Gasteiger partial charge >= 0.3 is 5.97 Å². The largest absolute Gasteiger partial charge is 0.503 e. The number of para-hydroxylation sites is 1. The number of hydrogen-bond acceptors (Lipinski definition) is 5. The van der Waals surface area contributed by atoms with Gasteiger partial charge in [-0.3, -0.25) is 0 Å². The fourth-order valence-corrected chi connectivity index (χ4v) is 1.30. The van der Waals surface area contributed by atoms with Crippen molar-refractivity contribution in [2.45, 2.75) is 0 Å². The zero-order valence-electron chi connectivity index (χ0n) is 8.25. The van der Waals surface area contributed by atoms with Crippen LogP contribution in [0, 0.1) is 0 Å². The number of esters is 1. The van der Waals surface area contributed by atoms with Crippen molar-refractivity contribution in [1.29, 1.82) is 0 Å². The number of nitrogens with zero attached hydrogens (tertiary/aromatic N) is 1. The molecule has 0 atom stereocenters. The number of benzene rings is 1. The lowest BCUT2D eigenvalue weighted by atomic mass is 10.2. The quantitative estimate of drug-likeness (QED) is 0.731. The highest BCUT2D eigenvalue weighted by Gasteiger charge is 2.10. The van der Waals surface area contributed by atoms with E-state index in [-0.39, 0.29) is 11.6 Å². The van der Waals surface area contributed by atoms with E-state index in [1.807, 2.05) is 6.07 Å². The van der Waals surface area contributed by atoms with Gasteiger partial charge in [0.15, 0.2) is 5.75 Å². The van der Waals surface area contributed by atoms with Gasteiger partial charge in [0.25, 0.3) is 5.88 Å². The van der Waals surface area contributed by atoms with E-state index in [4.69, 9.17) is 5.11 Å². The SMILES string of the molecule is O=C(CO)Oc1nc2ccccc2cc1O. The number of carbonyl (C=O) groups is 1. The van der Waals surface area contributed by atoms with Crippen LogP contribution in [0.2, 0.25) is 0 Å². The Balaban J connectivity index is 2.46. The number of ether oxygens (including phenoxy) is 1. The van der Waals surface area contributed by atoms with Crippen molar-refractivity contribution >= 4 is 16.9 Å². The van der Waals surface area contributed by atoms with Crippen molar-refractivity contribution < 1.29 is 19.7 Å². The van der Waals surface area contributed by atoms with Crippen LogP contribution in [-0.4, -0.2) is 27.8 Å². The Labute approximate surface area is 90.9 Å². The topological polar surface area (TPSA) is 79.7 Å². The van der Waals surface area contributed by atoms with Crippen LogP contribution < -0.4 is 4.74 Å². The molecule has 0 saturated carbocycles. The second kappa shape index (κ2) is 4.16. The summed E-state index contributed by atoms with van der Waals surface area (Å²) in [6.07, 6.45) is 0. The molecular weight excluding hydrogens is 210 g/mol. The van der Waals surface area contributed by atoms with Gasteiger partial charge in [0, 0.05) is 5.39 Å². The summed E-state index contributed by atoms with van der Waals surface area (Å²) in [5, 5.41) is 18.8. The van der Waals surface area contributed by atoms with E-state index in [9.17, 15) is 9.90 Å². The number of aliphatic hydroxyl groups excluding tert-OH is 1. The number of pyridine rings is 1. The molecule has 0 aliphatic carbocycles. The Morgan fingerprint density at radius 3 is 2.88 bits per heavy atom. The summed E-state index contributed by atoms with van der Waals surface area (Å²) < 4.78 is 4.65. The minimum absolute atomic E-state index is 0.197. The van der Waals surface area contributed by atoms with Gasteiger partial charge in [0.05, 0.1) is 5.52 Å². The minimum Gasteiger partial charge on any atom is -0.503 e. The molecule has 82 valence electrons. The zero-order valence-corrected chi connectivity index (χ0v) is 8.25. The Morgan fingerprint density at radius 2 is 2.12 bits per heavy atom. The molecule has 0 radical (unpaired) electrons. The van der Waals surface area contributed by atoms with Crippen molar-refractivity contribution in [3.63, 3.8) is 0 Å². The second-order valence-corrected chi connectivity index (χ2v) is 3.14. The maximum Gasteiger partial charge on any atom is 0.338 e. The number of carbonyl (C=O) groups excluding carboxylic acids is 1. The molecule has 0 saturated heterocycles. The molecular formula is C11H9NO4. The van der Waals surface area contributed by atoms with Crippen LogP contribution in [0.15, 0.2) is 30.3 Å². The molecule has 1 heterocycles. The molecule has 5 heteroatoms. The predicted octanol–water partition coefficient (Wildman–Crippen LogP) is 0.838. The number of aromatic nitrogens is 1. The molecule has 0 spiro atoms. The highest BCUT2D eigenvalue weighted by atomic mass is 16.6. The van der Waals surface area contributed by atoms with E-state index >= 15 is 0 Å². The average molecular weight is 219 g/mol. The summed E-state index contributed by atoms with van der Waals surface area (Å²) >= 11 is 0. The normalized spacial score (nSPS) is 10.3. The number of hydrogen-bond donors (Lipinski definition) is 2. The molecule has 0 amide bonds. The average Bonchev–Trinajstić information content (AvgIpc) is 2.30. The van der Waals surface area contributed by atoms with Gasteiger partial charge in [0.1, 0.15) is 6.61 Å². The Morgan fingerprint density at radius 1 is 1.38 bits per heavy atom. The summed E-state index contributed by atoms with van der Waals surface area (Å²) in [5.74, 6) is -1.30. The molecule has 5 nitrogen and oxygen atoms in total. The van der Waals surface area contributed by atoms with Gasteiger partial charge < -0.3 is 14.9 Å². The Bertz CT molecular complexity index is 538. The predicted molar refractivity (Wildman–Crippen MR) is 56.1 cm³/mol. The molecule has 2 aromatic rings. The molecule has 2 rings (SSSR count). The van der Waals surface area contributed by atoms with E-state index in [2.05, 4.69) is 9.72 Å². The van der Waals surface area contributed by atoms with Gasteiger partial charge in [-0.05, 0) is 12.1 Å². The standard InChI is InChI=1S/C11H9NO4/c13-6-10(15)16-11-9(14)5-7-3-1-2-4-8(7)12-11/h1-5,13-14H,6H2. The van der Waals surface area contributed by atoms with Gasteiger partial charge in [0.2, 0.25) is 0 Å². The van der Waals surface area contributed by atoms with Crippen LogP contribution in [0.25, 0.3) is 10.9 Å². The summed E-state index contributed by atoms with van der Waals surface area (Å²) in [5.41, 5.74) is 0.598. The van der Waals surface area contributed by atoms with Crippen LogP contribution in [0.4, 0.5) is 0 Å². The maximum absolute atomic E-state index is 10.8. The van der Waals surface area contributed by atoms with Crippen molar-refractivity contribution in [2.24, 2.45) is 0 Å². The monoisotopic (exact) mass is 219 g/mol. The number of fused-ring (bicyclic) bond motifs is 1. The summed E-state index contributed by atoms with van der Waals surface area (Å²) in [7, 11) is 0. The first-order chi connectivity index (χ1) is 7.70. The minimum atomic E-state index is -0.863. The second-order valence-electron chi connectivity index (χ2n) is 3.14. The first-order valence-electron chi connectivity index (χ1n) is 4.61. The van der Waals surface area contributed by atoms with Crippen molar-refractivity contribution in [1.82, 2.24) is 4.98 Å². The fourth-order valence-electron chi connectivity index (χ4n) is 1.30. The van der Waals surface area contributed by atoms with Crippen molar-refractivity contribution in [3.05, 3.63) is 30.3 Å². The first-order valence-corrected chi connectivity index (χ1v) is 4.61. The van der Waals surface area contributed by atoms with Crippen LogP contribution in [0.1, 0.15) is 0 Å². The first kappa shape index (κ1) is 10.4. The smallest absolute Gasteiger partial charge is 0.338 e. The van der Waals surface area contributed by atoms with E-state index in [1.165, 1.54) is 6.07 Å². The summed E-state index contributed by atoms with van der Waals surface area (Å²) in [4.78, 5) is 14.8. The van der Waals surface area contributed by atoms with Gasteiger partial charge in [-0.15, -0.1) is 0 Å². The molecule has 1 aromatic carbocycles. The van der Waals surface area contributed by atoms with Crippen LogP contribution in [0.3, 0.4) is 0 Å². The molecule has 0 aliphatic heterocycles. The number of rotatable bonds is 2. The maximum atomic E-state index is 10.8. The highest BCUT2D eigenvalue weighted by molar-refractivity contribution is 5.82. The van der Waals surface area contributed by atoms with Crippen LogP contribution in [0.5, 0.6) is 11.6 Å². The third kappa shape index (κ3) is 1.94. The Kier molecular flexibility index (Phi) is 2.70. The summed E-state index contributed by atoms with van der Waals surface area (Å²) in [6.45, 7) is -0.756. The van der Waals surface area contributed by atoms with Gasteiger partial charge in [-0.1, -0.05) is 18.2 Å². The summed E-state index contributed by atoms with van der Waals surface area (Å²) in [6, 6.07) is 8.54. The zero-order chi connectivity index (χ0) is 11.5. The van der Waals surface area contributed by atoms with E-state index < -0.39 is 12.6 Å². The van der Waals surface area contributed by atoms with E-state index in [0.717, 1.165) is 5.39 Å². The molecule has 0 fully saturated rings. The van der Waals surface area contributed by atoms with Gasteiger partial charge in [-0.25, -0.2) is 9.78 Å².